The molecule has 1 N–H and O–H groups in total. The van der Waals surface area contributed by atoms with Crippen LogP contribution in [-0.4, -0.2) is 21.8 Å². The fourth-order valence-electron chi connectivity index (χ4n) is 1.91. The van der Waals surface area contributed by atoms with E-state index in [2.05, 4.69) is 5.32 Å². The van der Waals surface area contributed by atoms with Gasteiger partial charge in [0.2, 0.25) is 0 Å². The average molecular weight is 259 g/mol. The molecule has 1 aromatic carbocycles. The van der Waals surface area contributed by atoms with Gasteiger partial charge in [-0.1, -0.05) is 6.07 Å². The molecule has 2 rings (SSSR count). The Kier molecular flexibility index (Phi) is 4.23. The SMILES string of the molecule is O=S1CCC(NCc2ccc(F)c(F)c2)CC1. The van der Waals surface area contributed by atoms with Gasteiger partial charge in [0.1, 0.15) is 0 Å². The van der Waals surface area contributed by atoms with Crippen LogP contribution >= 0.6 is 0 Å². The first-order chi connectivity index (χ1) is 8.15. The maximum absolute atomic E-state index is 13.0. The maximum atomic E-state index is 13.0. The molecule has 1 heterocycles. The van der Waals surface area contributed by atoms with Gasteiger partial charge >= 0.3 is 0 Å². The Hall–Kier alpha value is -0.810. The number of hydrogen-bond acceptors (Lipinski definition) is 2. The first-order valence-electron chi connectivity index (χ1n) is 5.67. The van der Waals surface area contributed by atoms with E-state index in [0.717, 1.165) is 36.0 Å². The molecule has 0 spiro atoms. The van der Waals surface area contributed by atoms with Crippen LogP contribution in [0.15, 0.2) is 18.2 Å². The first-order valence-corrected chi connectivity index (χ1v) is 7.16. The van der Waals surface area contributed by atoms with Gasteiger partial charge in [0.05, 0.1) is 0 Å². The van der Waals surface area contributed by atoms with Gasteiger partial charge in [-0.2, -0.15) is 0 Å². The molecule has 0 radical (unpaired) electrons. The summed E-state index contributed by atoms with van der Waals surface area (Å²) in [6.45, 7) is 0.522. The van der Waals surface area contributed by atoms with Crippen molar-refractivity contribution in [1.29, 1.82) is 0 Å². The second-order valence-corrected chi connectivity index (χ2v) is 5.95. The molecule has 0 aromatic heterocycles. The van der Waals surface area contributed by atoms with Crippen molar-refractivity contribution in [1.82, 2.24) is 5.32 Å². The van der Waals surface area contributed by atoms with E-state index < -0.39 is 22.4 Å². The number of halogens is 2. The van der Waals surface area contributed by atoms with E-state index >= 15 is 0 Å². The Morgan fingerprint density at radius 1 is 1.24 bits per heavy atom. The predicted molar refractivity (Wildman–Crippen MR) is 64.1 cm³/mol. The molecule has 0 aliphatic carbocycles. The lowest BCUT2D eigenvalue weighted by atomic mass is 10.1. The van der Waals surface area contributed by atoms with Gasteiger partial charge in [0, 0.05) is 34.9 Å². The molecule has 94 valence electrons. The monoisotopic (exact) mass is 259 g/mol. The zero-order valence-electron chi connectivity index (χ0n) is 9.42. The van der Waals surface area contributed by atoms with E-state index in [9.17, 15) is 13.0 Å². The molecule has 17 heavy (non-hydrogen) atoms. The van der Waals surface area contributed by atoms with Crippen LogP contribution in [0, 0.1) is 11.6 Å². The van der Waals surface area contributed by atoms with Crippen LogP contribution < -0.4 is 5.32 Å². The normalized spacial score (nSPS) is 24.8. The molecule has 0 amide bonds. The minimum absolute atomic E-state index is 0.334. The van der Waals surface area contributed by atoms with Crippen molar-refractivity contribution in [3.05, 3.63) is 35.4 Å². The average Bonchev–Trinajstić information content (AvgIpc) is 2.33. The molecule has 0 bridgehead atoms. The number of rotatable bonds is 3. The summed E-state index contributed by atoms with van der Waals surface area (Å²) in [5, 5.41) is 3.28. The summed E-state index contributed by atoms with van der Waals surface area (Å²) < 4.78 is 36.8. The Morgan fingerprint density at radius 3 is 2.59 bits per heavy atom. The summed E-state index contributed by atoms with van der Waals surface area (Å²) in [7, 11) is -0.665. The summed E-state index contributed by atoms with van der Waals surface area (Å²) in [6, 6.07) is 4.26. The summed E-state index contributed by atoms with van der Waals surface area (Å²) >= 11 is 0. The van der Waals surface area contributed by atoms with Crippen LogP contribution in [0.25, 0.3) is 0 Å². The van der Waals surface area contributed by atoms with Gasteiger partial charge in [-0.05, 0) is 30.5 Å². The van der Waals surface area contributed by atoms with Crippen LogP contribution in [0.4, 0.5) is 8.78 Å². The molecular weight excluding hydrogens is 244 g/mol. The van der Waals surface area contributed by atoms with E-state index in [1.807, 2.05) is 0 Å². The highest BCUT2D eigenvalue weighted by atomic mass is 32.2. The fraction of sp³-hybridized carbons (Fsp3) is 0.500. The van der Waals surface area contributed by atoms with Gasteiger partial charge in [0.15, 0.2) is 11.6 Å². The Balaban J connectivity index is 1.85. The van der Waals surface area contributed by atoms with Crippen LogP contribution in [-0.2, 0) is 17.3 Å². The molecule has 5 heteroatoms. The van der Waals surface area contributed by atoms with E-state index in [-0.39, 0.29) is 0 Å². The Bertz CT molecular complexity index is 415. The lowest BCUT2D eigenvalue weighted by molar-refractivity contribution is 0.471. The Labute approximate surface area is 102 Å². The molecule has 0 saturated carbocycles. The van der Waals surface area contributed by atoms with Crippen LogP contribution in [0.3, 0.4) is 0 Å². The summed E-state index contributed by atoms with van der Waals surface area (Å²) in [4.78, 5) is 0. The van der Waals surface area contributed by atoms with Crippen LogP contribution in [0.2, 0.25) is 0 Å². The van der Waals surface area contributed by atoms with E-state index in [4.69, 9.17) is 0 Å². The zero-order chi connectivity index (χ0) is 12.3. The van der Waals surface area contributed by atoms with Gasteiger partial charge < -0.3 is 5.32 Å². The van der Waals surface area contributed by atoms with Crippen molar-refractivity contribution in [2.24, 2.45) is 0 Å². The van der Waals surface area contributed by atoms with Crippen molar-refractivity contribution in [2.45, 2.75) is 25.4 Å². The smallest absolute Gasteiger partial charge is 0.159 e. The van der Waals surface area contributed by atoms with Crippen molar-refractivity contribution in [3.8, 4) is 0 Å². The van der Waals surface area contributed by atoms with Crippen molar-refractivity contribution in [2.75, 3.05) is 11.5 Å². The number of nitrogens with one attached hydrogen (secondary N) is 1. The van der Waals surface area contributed by atoms with Gasteiger partial charge in [-0.15, -0.1) is 0 Å². The lowest BCUT2D eigenvalue weighted by Gasteiger charge is -2.22. The molecular formula is C12H15F2NOS. The third-order valence-electron chi connectivity index (χ3n) is 2.97. The highest BCUT2D eigenvalue weighted by Crippen LogP contribution is 2.12. The summed E-state index contributed by atoms with van der Waals surface area (Å²) in [5.74, 6) is -0.166. The van der Waals surface area contributed by atoms with Gasteiger partial charge in [-0.25, -0.2) is 8.78 Å². The largest absolute Gasteiger partial charge is 0.310 e. The van der Waals surface area contributed by atoms with Gasteiger partial charge in [-0.3, -0.25) is 4.21 Å². The minimum Gasteiger partial charge on any atom is -0.310 e. The number of benzene rings is 1. The van der Waals surface area contributed by atoms with Crippen molar-refractivity contribution >= 4 is 10.8 Å². The van der Waals surface area contributed by atoms with E-state index in [0.29, 0.717) is 12.6 Å². The standard InChI is InChI=1S/C12H15F2NOS/c13-11-2-1-9(7-12(11)14)8-15-10-3-5-17(16)6-4-10/h1-2,7,10,15H,3-6,8H2. The quantitative estimate of drug-likeness (QED) is 0.899. The minimum atomic E-state index is -0.818. The third-order valence-corrected chi connectivity index (χ3v) is 4.35. The van der Waals surface area contributed by atoms with Crippen LogP contribution in [0.5, 0.6) is 0 Å². The molecule has 1 saturated heterocycles. The summed E-state index contributed by atoms with van der Waals surface area (Å²) in [6.07, 6.45) is 1.77. The van der Waals surface area contributed by atoms with Crippen molar-refractivity contribution in [3.63, 3.8) is 0 Å². The molecule has 0 atom stereocenters. The lowest BCUT2D eigenvalue weighted by Crippen LogP contribution is -2.35. The van der Waals surface area contributed by atoms with E-state index in [1.165, 1.54) is 6.07 Å². The highest BCUT2D eigenvalue weighted by molar-refractivity contribution is 7.85. The predicted octanol–water partition coefficient (Wildman–Crippen LogP) is 1.97. The number of hydrogen-bond donors (Lipinski definition) is 1. The van der Waals surface area contributed by atoms with Crippen LogP contribution in [0.1, 0.15) is 18.4 Å². The highest BCUT2D eigenvalue weighted by Gasteiger charge is 2.17. The fourth-order valence-corrected chi connectivity index (χ4v) is 3.21. The molecule has 1 fully saturated rings. The zero-order valence-corrected chi connectivity index (χ0v) is 10.2. The topological polar surface area (TPSA) is 29.1 Å². The first kappa shape index (κ1) is 12.6. The maximum Gasteiger partial charge on any atom is 0.159 e. The van der Waals surface area contributed by atoms with E-state index in [1.54, 1.807) is 6.07 Å². The molecule has 0 unspecified atom stereocenters. The second-order valence-electron chi connectivity index (χ2n) is 4.25. The summed E-state index contributed by atoms with van der Waals surface area (Å²) in [5.41, 5.74) is 0.732. The molecule has 1 aliphatic heterocycles. The molecule has 1 aromatic rings. The molecule has 2 nitrogen and oxygen atoms in total. The van der Waals surface area contributed by atoms with Crippen molar-refractivity contribution < 1.29 is 13.0 Å². The molecule has 1 aliphatic rings. The Morgan fingerprint density at radius 2 is 1.94 bits per heavy atom. The second kappa shape index (κ2) is 5.69. The van der Waals surface area contributed by atoms with Gasteiger partial charge in [0.25, 0.3) is 0 Å². The third kappa shape index (κ3) is 3.57.